The molecule has 3 aromatic rings. The van der Waals surface area contributed by atoms with Gasteiger partial charge in [0.15, 0.2) is 0 Å². The van der Waals surface area contributed by atoms with Gasteiger partial charge in [-0.2, -0.15) is 4.31 Å². The second-order valence-electron chi connectivity index (χ2n) is 7.88. The standard InChI is InChI=1S/C23H25ClN4O3S/c1-17-25-12-14-28(17)21-8-4-18(5-9-21)15-26-23(29)19-3-2-13-27(16-19)32(30,31)22-10-6-20(24)7-11-22/h4-12,14,19H,2-3,13,15-16H2,1H3,(H,26,29)/t19-/m1/s1. The molecular formula is C23H25ClN4O3S. The van der Waals surface area contributed by atoms with E-state index in [2.05, 4.69) is 10.3 Å². The summed E-state index contributed by atoms with van der Waals surface area (Å²) in [5.74, 6) is 0.399. The Kier molecular flexibility index (Phi) is 6.64. The molecule has 1 N–H and O–H groups in total. The van der Waals surface area contributed by atoms with Crippen molar-refractivity contribution in [3.05, 3.63) is 77.3 Å². The maximum absolute atomic E-state index is 12.9. The van der Waals surface area contributed by atoms with Gasteiger partial charge in [-0.05, 0) is 61.7 Å². The van der Waals surface area contributed by atoms with E-state index >= 15 is 0 Å². The number of nitrogens with zero attached hydrogens (tertiary/aromatic N) is 3. The van der Waals surface area contributed by atoms with Gasteiger partial charge in [-0.1, -0.05) is 23.7 Å². The highest BCUT2D eigenvalue weighted by atomic mass is 35.5. The molecule has 7 nitrogen and oxygen atoms in total. The monoisotopic (exact) mass is 472 g/mol. The number of halogens is 1. The Balaban J connectivity index is 1.36. The van der Waals surface area contributed by atoms with Gasteiger partial charge in [-0.3, -0.25) is 4.79 Å². The zero-order valence-electron chi connectivity index (χ0n) is 17.7. The second-order valence-corrected chi connectivity index (χ2v) is 10.3. The predicted molar refractivity (Wildman–Crippen MR) is 123 cm³/mol. The summed E-state index contributed by atoms with van der Waals surface area (Å²) in [7, 11) is -3.65. The Hall–Kier alpha value is -2.68. The average Bonchev–Trinajstić information content (AvgIpc) is 3.24. The molecule has 1 aliphatic rings. The molecule has 1 saturated heterocycles. The SMILES string of the molecule is Cc1nccn1-c1ccc(CNC(=O)[C@@H]2CCCN(S(=O)(=O)c3ccc(Cl)cc3)C2)cc1. The Morgan fingerprint density at radius 1 is 1.16 bits per heavy atom. The number of hydrogen-bond acceptors (Lipinski definition) is 4. The largest absolute Gasteiger partial charge is 0.352 e. The van der Waals surface area contributed by atoms with Gasteiger partial charge in [0, 0.05) is 42.7 Å². The van der Waals surface area contributed by atoms with Gasteiger partial charge >= 0.3 is 0 Å². The molecule has 0 radical (unpaired) electrons. The molecule has 0 saturated carbocycles. The second kappa shape index (κ2) is 9.44. The van der Waals surface area contributed by atoms with Crippen molar-refractivity contribution >= 4 is 27.5 Å². The molecule has 2 aromatic carbocycles. The molecule has 1 aromatic heterocycles. The fourth-order valence-corrected chi connectivity index (χ4v) is 5.54. The summed E-state index contributed by atoms with van der Waals surface area (Å²) in [6.45, 7) is 2.91. The fourth-order valence-electron chi connectivity index (χ4n) is 3.89. The van der Waals surface area contributed by atoms with Gasteiger partial charge in [0.1, 0.15) is 5.82 Å². The van der Waals surface area contributed by atoms with Crippen molar-refractivity contribution in [2.24, 2.45) is 5.92 Å². The van der Waals surface area contributed by atoms with E-state index in [1.807, 2.05) is 42.0 Å². The van der Waals surface area contributed by atoms with Gasteiger partial charge in [-0.25, -0.2) is 13.4 Å². The average molecular weight is 473 g/mol. The molecule has 9 heteroatoms. The van der Waals surface area contributed by atoms with Gasteiger partial charge in [0.2, 0.25) is 15.9 Å². The fraction of sp³-hybridized carbons (Fsp3) is 0.304. The number of hydrogen-bond donors (Lipinski definition) is 1. The van der Waals surface area contributed by atoms with Crippen LogP contribution in [0.15, 0.2) is 65.8 Å². The van der Waals surface area contributed by atoms with Crippen molar-refractivity contribution in [3.63, 3.8) is 0 Å². The lowest BCUT2D eigenvalue weighted by Gasteiger charge is -2.31. The first-order valence-corrected chi connectivity index (χ1v) is 12.3. The van der Waals surface area contributed by atoms with Crippen molar-refractivity contribution in [1.29, 1.82) is 0 Å². The molecule has 1 atom stereocenters. The van der Waals surface area contributed by atoms with Crippen LogP contribution in [-0.2, 0) is 21.4 Å². The quantitative estimate of drug-likeness (QED) is 0.594. The third-order valence-electron chi connectivity index (χ3n) is 5.71. The lowest BCUT2D eigenvalue weighted by Crippen LogP contribution is -2.45. The molecule has 0 bridgehead atoms. The molecule has 0 unspecified atom stereocenters. The normalized spacial score (nSPS) is 17.2. The van der Waals surface area contributed by atoms with Gasteiger partial charge < -0.3 is 9.88 Å². The molecular weight excluding hydrogens is 448 g/mol. The van der Waals surface area contributed by atoms with Crippen LogP contribution in [0.4, 0.5) is 0 Å². The number of sulfonamides is 1. The first-order valence-electron chi connectivity index (χ1n) is 10.5. The van der Waals surface area contributed by atoms with Gasteiger partial charge in [-0.15, -0.1) is 0 Å². The summed E-state index contributed by atoms with van der Waals surface area (Å²) in [5.41, 5.74) is 1.98. The van der Waals surface area contributed by atoms with Crippen LogP contribution in [0, 0.1) is 12.8 Å². The number of aryl methyl sites for hydroxylation is 1. The van der Waals surface area contributed by atoms with E-state index in [0.29, 0.717) is 31.0 Å². The van der Waals surface area contributed by atoms with Crippen molar-refractivity contribution in [1.82, 2.24) is 19.2 Å². The molecule has 2 heterocycles. The minimum absolute atomic E-state index is 0.129. The molecule has 1 fully saturated rings. The Bertz CT molecular complexity index is 1190. The van der Waals surface area contributed by atoms with E-state index in [4.69, 9.17) is 11.6 Å². The first kappa shape index (κ1) is 22.5. The molecule has 4 rings (SSSR count). The number of aromatic nitrogens is 2. The van der Waals surface area contributed by atoms with Crippen LogP contribution in [0.25, 0.3) is 5.69 Å². The summed E-state index contributed by atoms with van der Waals surface area (Å²) < 4.78 is 29.3. The van der Waals surface area contributed by atoms with E-state index in [9.17, 15) is 13.2 Å². The highest BCUT2D eigenvalue weighted by molar-refractivity contribution is 7.89. The van der Waals surface area contributed by atoms with E-state index in [-0.39, 0.29) is 23.3 Å². The number of imidazole rings is 1. The number of piperidine rings is 1. The van der Waals surface area contributed by atoms with E-state index in [0.717, 1.165) is 17.1 Å². The number of nitrogens with one attached hydrogen (secondary N) is 1. The Morgan fingerprint density at radius 3 is 2.53 bits per heavy atom. The van der Waals surface area contributed by atoms with Crippen LogP contribution in [-0.4, -0.2) is 41.3 Å². The van der Waals surface area contributed by atoms with Crippen LogP contribution in [0.3, 0.4) is 0 Å². The van der Waals surface area contributed by atoms with Gasteiger partial charge in [0.25, 0.3) is 0 Å². The molecule has 0 spiro atoms. The first-order chi connectivity index (χ1) is 15.3. The lowest BCUT2D eigenvalue weighted by atomic mass is 9.99. The predicted octanol–water partition coefficient (Wildman–Crippen LogP) is 3.55. The summed E-state index contributed by atoms with van der Waals surface area (Å²) in [6, 6.07) is 14.0. The van der Waals surface area contributed by atoms with E-state index in [1.165, 1.54) is 16.4 Å². The minimum atomic E-state index is -3.65. The number of carbonyl (C=O) groups is 1. The lowest BCUT2D eigenvalue weighted by molar-refractivity contribution is -0.126. The maximum Gasteiger partial charge on any atom is 0.243 e. The molecule has 0 aliphatic carbocycles. The van der Waals surface area contributed by atoms with Crippen LogP contribution in [0.5, 0.6) is 0 Å². The van der Waals surface area contributed by atoms with Crippen LogP contribution < -0.4 is 5.32 Å². The van der Waals surface area contributed by atoms with Crippen LogP contribution in [0.1, 0.15) is 24.2 Å². The van der Waals surface area contributed by atoms with Crippen molar-refractivity contribution in [2.75, 3.05) is 13.1 Å². The summed E-state index contributed by atoms with van der Waals surface area (Å²) in [4.78, 5) is 17.2. The van der Waals surface area contributed by atoms with Crippen LogP contribution in [0.2, 0.25) is 5.02 Å². The highest BCUT2D eigenvalue weighted by Crippen LogP contribution is 2.25. The number of benzene rings is 2. The molecule has 168 valence electrons. The molecule has 1 amide bonds. The topological polar surface area (TPSA) is 84.3 Å². The Labute approximate surface area is 193 Å². The van der Waals surface area contributed by atoms with E-state index < -0.39 is 10.0 Å². The van der Waals surface area contributed by atoms with E-state index in [1.54, 1.807) is 18.3 Å². The number of rotatable bonds is 6. The molecule has 1 aliphatic heterocycles. The third kappa shape index (κ3) is 4.87. The summed E-state index contributed by atoms with van der Waals surface area (Å²) in [6.07, 6.45) is 4.96. The smallest absolute Gasteiger partial charge is 0.243 e. The number of carbonyl (C=O) groups excluding carboxylic acids is 1. The molecule has 32 heavy (non-hydrogen) atoms. The van der Waals surface area contributed by atoms with Crippen LogP contribution >= 0.6 is 11.6 Å². The maximum atomic E-state index is 12.9. The highest BCUT2D eigenvalue weighted by Gasteiger charge is 2.33. The van der Waals surface area contributed by atoms with Crippen molar-refractivity contribution in [3.8, 4) is 5.69 Å². The number of amides is 1. The summed E-state index contributed by atoms with van der Waals surface area (Å²) in [5, 5.41) is 3.44. The zero-order valence-corrected chi connectivity index (χ0v) is 19.3. The zero-order chi connectivity index (χ0) is 22.7. The summed E-state index contributed by atoms with van der Waals surface area (Å²) >= 11 is 5.87. The minimum Gasteiger partial charge on any atom is -0.352 e. The van der Waals surface area contributed by atoms with Gasteiger partial charge in [0.05, 0.1) is 10.8 Å². The third-order valence-corrected chi connectivity index (χ3v) is 7.84. The van der Waals surface area contributed by atoms with Crippen molar-refractivity contribution < 1.29 is 13.2 Å². The Morgan fingerprint density at radius 2 is 1.88 bits per heavy atom. The van der Waals surface area contributed by atoms with Crippen molar-refractivity contribution in [2.45, 2.75) is 31.2 Å².